The lowest BCUT2D eigenvalue weighted by molar-refractivity contribution is 0.0940. The van der Waals surface area contributed by atoms with Gasteiger partial charge in [-0.15, -0.1) is 0 Å². The van der Waals surface area contributed by atoms with Gasteiger partial charge in [-0.3, -0.25) is 4.79 Å². The average molecular weight is 363 g/mol. The summed E-state index contributed by atoms with van der Waals surface area (Å²) < 4.78 is 24.4. The number of sulfone groups is 1. The van der Waals surface area contributed by atoms with Crippen LogP contribution in [0, 0.1) is 19.8 Å². The number of rotatable bonds is 4. The van der Waals surface area contributed by atoms with Crippen molar-refractivity contribution in [3.8, 4) is 11.4 Å². The van der Waals surface area contributed by atoms with Gasteiger partial charge in [0, 0.05) is 6.54 Å². The number of carbonyl (C=O) groups excluding carboxylic acids is 1. The maximum Gasteiger partial charge on any atom is 0.275 e. The van der Waals surface area contributed by atoms with Crippen LogP contribution in [-0.2, 0) is 9.84 Å². The van der Waals surface area contributed by atoms with E-state index in [4.69, 9.17) is 0 Å². The summed E-state index contributed by atoms with van der Waals surface area (Å²) in [4.78, 5) is 12.3. The van der Waals surface area contributed by atoms with Gasteiger partial charge < -0.3 is 10.4 Å². The molecule has 0 spiro atoms. The lowest BCUT2D eigenvalue weighted by Crippen LogP contribution is -2.30. The number of nitrogens with zero attached hydrogens (tertiary/aromatic N) is 2. The molecule has 134 valence electrons. The van der Waals surface area contributed by atoms with Gasteiger partial charge in [-0.2, -0.15) is 5.10 Å². The number of hydrogen-bond acceptors (Lipinski definition) is 5. The third kappa shape index (κ3) is 3.68. The number of aromatic hydroxyl groups is 1. The van der Waals surface area contributed by atoms with E-state index >= 15 is 0 Å². The molecule has 0 aliphatic carbocycles. The van der Waals surface area contributed by atoms with Crippen molar-refractivity contribution in [3.63, 3.8) is 0 Å². The third-order valence-corrected chi connectivity index (χ3v) is 6.45. The Morgan fingerprint density at radius 3 is 2.84 bits per heavy atom. The smallest absolute Gasteiger partial charge is 0.275 e. The van der Waals surface area contributed by atoms with E-state index in [1.54, 1.807) is 0 Å². The second-order valence-corrected chi connectivity index (χ2v) is 8.73. The van der Waals surface area contributed by atoms with Crippen molar-refractivity contribution in [2.24, 2.45) is 5.92 Å². The number of amides is 1. The van der Waals surface area contributed by atoms with Crippen LogP contribution in [0.4, 0.5) is 0 Å². The number of aromatic nitrogens is 2. The molecule has 0 unspecified atom stereocenters. The van der Waals surface area contributed by atoms with Crippen molar-refractivity contribution in [1.82, 2.24) is 15.1 Å². The third-order valence-electron chi connectivity index (χ3n) is 4.61. The van der Waals surface area contributed by atoms with Gasteiger partial charge in [-0.25, -0.2) is 13.1 Å². The summed E-state index contributed by atoms with van der Waals surface area (Å²) >= 11 is 0. The van der Waals surface area contributed by atoms with Gasteiger partial charge >= 0.3 is 0 Å². The van der Waals surface area contributed by atoms with E-state index in [0.29, 0.717) is 6.42 Å². The predicted molar refractivity (Wildman–Crippen MR) is 93.8 cm³/mol. The first-order valence-electron chi connectivity index (χ1n) is 8.10. The van der Waals surface area contributed by atoms with Gasteiger partial charge in [0.15, 0.2) is 21.3 Å². The van der Waals surface area contributed by atoms with Crippen LogP contribution in [0.1, 0.15) is 28.0 Å². The minimum atomic E-state index is -2.98. The maximum atomic E-state index is 12.3. The normalized spacial score (nSPS) is 19.0. The van der Waals surface area contributed by atoms with Crippen molar-refractivity contribution >= 4 is 15.7 Å². The van der Waals surface area contributed by atoms with Gasteiger partial charge in [-0.1, -0.05) is 12.1 Å². The van der Waals surface area contributed by atoms with Gasteiger partial charge in [0.05, 0.1) is 23.4 Å². The minimum Gasteiger partial charge on any atom is -0.504 e. The Balaban J connectivity index is 1.74. The van der Waals surface area contributed by atoms with Crippen molar-refractivity contribution in [3.05, 3.63) is 41.2 Å². The number of aryl methyl sites for hydroxylation is 1. The molecule has 7 nitrogen and oxygen atoms in total. The average Bonchev–Trinajstić information content (AvgIpc) is 3.10. The summed E-state index contributed by atoms with van der Waals surface area (Å²) in [5.74, 6) is -0.545. The van der Waals surface area contributed by atoms with E-state index in [1.807, 2.05) is 32.0 Å². The standard InChI is InChI=1S/C17H21N3O4S/c1-11-4-3-5-14(12(11)2)20-9-15(21)16(19-20)17(22)18-8-13-6-7-25(23,24)10-13/h3-5,9,13,21H,6-8,10H2,1-2H3,(H,18,22)/t13-/m1/s1. The Kier molecular flexibility index (Phi) is 4.55. The molecule has 2 heterocycles. The fourth-order valence-corrected chi connectivity index (χ4v) is 4.85. The van der Waals surface area contributed by atoms with Gasteiger partial charge in [-0.05, 0) is 43.4 Å². The molecule has 1 aliphatic rings. The maximum absolute atomic E-state index is 12.3. The van der Waals surface area contributed by atoms with Crippen LogP contribution in [0.25, 0.3) is 5.69 Å². The van der Waals surface area contributed by atoms with E-state index in [-0.39, 0.29) is 35.4 Å². The van der Waals surface area contributed by atoms with Gasteiger partial charge in [0.1, 0.15) is 0 Å². The Bertz CT molecular complexity index is 918. The lowest BCUT2D eigenvalue weighted by atomic mass is 10.1. The van der Waals surface area contributed by atoms with Crippen LogP contribution < -0.4 is 5.32 Å². The summed E-state index contributed by atoms with van der Waals surface area (Å²) in [6.45, 7) is 4.18. The second kappa shape index (κ2) is 6.51. The van der Waals surface area contributed by atoms with Crippen LogP contribution >= 0.6 is 0 Å². The number of hydrogen-bond donors (Lipinski definition) is 2. The summed E-state index contributed by atoms with van der Waals surface area (Å²) in [6.07, 6.45) is 1.95. The number of nitrogens with one attached hydrogen (secondary N) is 1. The van der Waals surface area contributed by atoms with Crippen molar-refractivity contribution < 1.29 is 18.3 Å². The molecule has 25 heavy (non-hydrogen) atoms. The Morgan fingerprint density at radius 2 is 2.16 bits per heavy atom. The number of carbonyl (C=O) groups is 1. The molecule has 0 saturated carbocycles. The zero-order chi connectivity index (χ0) is 18.2. The highest BCUT2D eigenvalue weighted by Crippen LogP contribution is 2.22. The van der Waals surface area contributed by atoms with Crippen LogP contribution in [0.15, 0.2) is 24.4 Å². The molecule has 2 N–H and O–H groups in total. The Hall–Kier alpha value is -2.35. The molecule has 1 amide bonds. The lowest BCUT2D eigenvalue weighted by Gasteiger charge is -2.09. The molecule has 0 radical (unpaired) electrons. The first kappa shape index (κ1) is 17.5. The molecular formula is C17H21N3O4S. The zero-order valence-electron chi connectivity index (χ0n) is 14.2. The molecule has 8 heteroatoms. The second-order valence-electron chi connectivity index (χ2n) is 6.51. The van der Waals surface area contributed by atoms with E-state index in [9.17, 15) is 18.3 Å². The van der Waals surface area contributed by atoms with E-state index in [2.05, 4.69) is 10.4 Å². The highest BCUT2D eigenvalue weighted by molar-refractivity contribution is 7.91. The van der Waals surface area contributed by atoms with Gasteiger partial charge in [0.25, 0.3) is 5.91 Å². The van der Waals surface area contributed by atoms with Crippen LogP contribution in [0.3, 0.4) is 0 Å². The monoisotopic (exact) mass is 363 g/mol. The summed E-state index contributed by atoms with van der Waals surface area (Å²) in [5, 5.41) is 16.9. The van der Waals surface area contributed by atoms with E-state index in [0.717, 1.165) is 16.8 Å². The molecule has 1 aliphatic heterocycles. The number of benzene rings is 1. The summed E-state index contributed by atoms with van der Waals surface area (Å²) in [7, 11) is -2.98. The Morgan fingerprint density at radius 1 is 1.40 bits per heavy atom. The predicted octanol–water partition coefficient (Wildman–Crippen LogP) is 1.36. The molecule has 1 fully saturated rings. The molecule has 1 aromatic heterocycles. The van der Waals surface area contributed by atoms with Crippen LogP contribution in [0.5, 0.6) is 5.75 Å². The largest absolute Gasteiger partial charge is 0.504 e. The first-order valence-corrected chi connectivity index (χ1v) is 9.93. The SMILES string of the molecule is Cc1cccc(-n2cc(O)c(C(=O)NC[C@H]3CCS(=O)(=O)C3)n2)c1C. The topological polar surface area (TPSA) is 101 Å². The van der Waals surface area contributed by atoms with Gasteiger partial charge in [0.2, 0.25) is 0 Å². The van der Waals surface area contributed by atoms with E-state index in [1.165, 1.54) is 10.9 Å². The zero-order valence-corrected chi connectivity index (χ0v) is 15.0. The summed E-state index contributed by atoms with van der Waals surface area (Å²) in [6, 6.07) is 5.72. The summed E-state index contributed by atoms with van der Waals surface area (Å²) in [5.41, 5.74) is 2.81. The van der Waals surface area contributed by atoms with E-state index < -0.39 is 15.7 Å². The quantitative estimate of drug-likeness (QED) is 0.854. The van der Waals surface area contributed by atoms with Crippen LogP contribution in [-0.4, -0.2) is 47.3 Å². The highest BCUT2D eigenvalue weighted by atomic mass is 32.2. The van der Waals surface area contributed by atoms with Crippen molar-refractivity contribution in [2.45, 2.75) is 20.3 Å². The molecule has 0 bridgehead atoms. The highest BCUT2D eigenvalue weighted by Gasteiger charge is 2.28. The molecule has 1 saturated heterocycles. The minimum absolute atomic E-state index is 0.0678. The molecular weight excluding hydrogens is 342 g/mol. The fourth-order valence-electron chi connectivity index (χ4n) is 2.99. The molecule has 1 atom stereocenters. The first-order chi connectivity index (χ1) is 11.8. The molecule has 2 aromatic rings. The Labute approximate surface area is 146 Å². The molecule has 3 rings (SSSR count). The van der Waals surface area contributed by atoms with Crippen LogP contribution in [0.2, 0.25) is 0 Å². The molecule has 1 aromatic carbocycles. The van der Waals surface area contributed by atoms with Crippen molar-refractivity contribution in [2.75, 3.05) is 18.1 Å². The van der Waals surface area contributed by atoms with Crippen molar-refractivity contribution in [1.29, 1.82) is 0 Å². The fraction of sp³-hybridized carbons (Fsp3) is 0.412.